The molecule has 0 spiro atoms. The van der Waals surface area contributed by atoms with Crippen LogP contribution in [0.3, 0.4) is 0 Å². The number of aryl methyl sites for hydroxylation is 4. The van der Waals surface area contributed by atoms with Crippen LogP contribution in [0.5, 0.6) is 0 Å². The minimum atomic E-state index is -0.0398. The summed E-state index contributed by atoms with van der Waals surface area (Å²) in [6, 6.07) is 34.4. The summed E-state index contributed by atoms with van der Waals surface area (Å²) in [5, 5.41) is 5.47. The van der Waals surface area contributed by atoms with Crippen molar-refractivity contribution in [2.45, 2.75) is 33.9 Å². The lowest BCUT2D eigenvalue weighted by molar-refractivity contribution is 0.707. The SMILES string of the molecule is Cc1cc(C)c(-c2cn(C)c3nc(N(Cc4ccc5ccccc5c4)Cc4ccc5ccccc5c4)n(C)c(=O)c23)c(C)c1. The van der Waals surface area contributed by atoms with Gasteiger partial charge in [-0.2, -0.15) is 4.98 Å². The van der Waals surface area contributed by atoms with E-state index in [1.54, 1.807) is 4.57 Å². The number of benzene rings is 5. The number of hydrogen-bond donors (Lipinski definition) is 0. The molecule has 7 rings (SSSR count). The molecule has 5 nitrogen and oxygen atoms in total. The lowest BCUT2D eigenvalue weighted by Gasteiger charge is -2.26. The van der Waals surface area contributed by atoms with Gasteiger partial charge >= 0.3 is 0 Å². The average molecular weight is 577 g/mol. The molecule has 0 radical (unpaired) electrons. The molecule has 0 atom stereocenters. The molecule has 7 aromatic rings. The predicted octanol–water partition coefficient (Wildman–Crippen LogP) is 8.38. The van der Waals surface area contributed by atoms with Crippen molar-refractivity contribution < 1.29 is 0 Å². The third-order valence-electron chi connectivity index (χ3n) is 8.78. The van der Waals surface area contributed by atoms with Crippen molar-refractivity contribution in [3.05, 3.63) is 141 Å². The highest BCUT2D eigenvalue weighted by molar-refractivity contribution is 5.96. The first-order chi connectivity index (χ1) is 21.3. The number of fused-ring (bicyclic) bond motifs is 3. The second-order valence-corrected chi connectivity index (χ2v) is 12.1. The van der Waals surface area contributed by atoms with Crippen molar-refractivity contribution in [2.24, 2.45) is 14.1 Å². The molecular formula is C39H36N4O. The maximum atomic E-state index is 14.3. The molecule has 2 aromatic heterocycles. The van der Waals surface area contributed by atoms with Crippen LogP contribution in [-0.2, 0) is 27.2 Å². The molecule has 0 fully saturated rings. The molecule has 5 aromatic carbocycles. The molecule has 0 aliphatic carbocycles. The van der Waals surface area contributed by atoms with Crippen LogP contribution in [-0.4, -0.2) is 14.1 Å². The molecule has 0 saturated heterocycles. The molecule has 5 heteroatoms. The molecule has 0 N–H and O–H groups in total. The van der Waals surface area contributed by atoms with E-state index in [0.717, 1.165) is 33.4 Å². The molecule has 2 heterocycles. The first-order valence-electron chi connectivity index (χ1n) is 15.1. The highest BCUT2D eigenvalue weighted by Crippen LogP contribution is 2.34. The zero-order chi connectivity index (χ0) is 30.5. The van der Waals surface area contributed by atoms with E-state index in [4.69, 9.17) is 4.98 Å². The van der Waals surface area contributed by atoms with Gasteiger partial charge in [-0.15, -0.1) is 0 Å². The molecule has 0 amide bonds. The van der Waals surface area contributed by atoms with Gasteiger partial charge in [-0.3, -0.25) is 9.36 Å². The lowest BCUT2D eigenvalue weighted by atomic mass is 9.94. The van der Waals surface area contributed by atoms with Crippen LogP contribution in [0.25, 0.3) is 43.7 Å². The maximum absolute atomic E-state index is 14.3. The monoisotopic (exact) mass is 576 g/mol. The van der Waals surface area contributed by atoms with E-state index in [1.807, 2.05) is 18.7 Å². The molecule has 0 saturated carbocycles. The van der Waals surface area contributed by atoms with Crippen molar-refractivity contribution in [2.75, 3.05) is 4.90 Å². The minimum absolute atomic E-state index is 0.0398. The largest absolute Gasteiger partial charge is 0.335 e. The Morgan fingerprint density at radius 2 is 1.20 bits per heavy atom. The second-order valence-electron chi connectivity index (χ2n) is 12.1. The highest BCUT2D eigenvalue weighted by atomic mass is 16.1. The number of nitrogens with zero attached hydrogens (tertiary/aromatic N) is 4. The summed E-state index contributed by atoms with van der Waals surface area (Å²) in [6.07, 6.45) is 2.06. The van der Waals surface area contributed by atoms with Crippen LogP contribution >= 0.6 is 0 Å². The first kappa shape index (κ1) is 27.7. The van der Waals surface area contributed by atoms with Crippen LogP contribution in [0.15, 0.2) is 108 Å². The van der Waals surface area contributed by atoms with Crippen LogP contribution in [0.4, 0.5) is 5.95 Å². The van der Waals surface area contributed by atoms with E-state index in [1.165, 1.54) is 27.1 Å². The Bertz CT molecular complexity index is 2170. The van der Waals surface area contributed by atoms with Crippen molar-refractivity contribution in [1.29, 1.82) is 0 Å². The summed E-state index contributed by atoms with van der Waals surface area (Å²) >= 11 is 0. The Kier molecular flexibility index (Phi) is 6.81. The van der Waals surface area contributed by atoms with Crippen molar-refractivity contribution >= 4 is 38.5 Å². The number of rotatable bonds is 6. The zero-order valence-electron chi connectivity index (χ0n) is 25.9. The third kappa shape index (κ3) is 4.84. The summed E-state index contributed by atoms with van der Waals surface area (Å²) < 4.78 is 3.73. The Balaban J connectivity index is 1.38. The van der Waals surface area contributed by atoms with Gasteiger partial charge < -0.3 is 9.47 Å². The fourth-order valence-electron chi connectivity index (χ4n) is 6.78. The van der Waals surface area contributed by atoms with Crippen LogP contribution < -0.4 is 10.5 Å². The minimum Gasteiger partial charge on any atom is -0.335 e. The van der Waals surface area contributed by atoms with Crippen LogP contribution in [0.1, 0.15) is 27.8 Å². The Morgan fingerprint density at radius 3 is 1.75 bits per heavy atom. The Hall–Kier alpha value is -5.16. The van der Waals surface area contributed by atoms with Crippen molar-refractivity contribution in [3.8, 4) is 11.1 Å². The molecule has 0 aliphatic heterocycles. The van der Waals surface area contributed by atoms with Crippen LogP contribution in [0.2, 0.25) is 0 Å². The summed E-state index contributed by atoms with van der Waals surface area (Å²) in [5.74, 6) is 0.647. The van der Waals surface area contributed by atoms with Gasteiger partial charge in [0.1, 0.15) is 5.65 Å². The molecular weight excluding hydrogens is 540 g/mol. The molecule has 44 heavy (non-hydrogen) atoms. The predicted molar refractivity (Wildman–Crippen MR) is 183 cm³/mol. The Morgan fingerprint density at radius 1 is 0.682 bits per heavy atom. The van der Waals surface area contributed by atoms with Gasteiger partial charge in [0.2, 0.25) is 5.95 Å². The number of anilines is 1. The Labute approximate surface area is 257 Å². The van der Waals surface area contributed by atoms with E-state index >= 15 is 0 Å². The van der Waals surface area contributed by atoms with Gasteiger partial charge in [0.05, 0.1) is 5.39 Å². The first-order valence-corrected chi connectivity index (χ1v) is 15.1. The van der Waals surface area contributed by atoms with Gasteiger partial charge in [-0.1, -0.05) is 90.5 Å². The smallest absolute Gasteiger partial charge is 0.264 e. The van der Waals surface area contributed by atoms with Gasteiger partial charge in [0.25, 0.3) is 5.56 Å². The zero-order valence-corrected chi connectivity index (χ0v) is 25.9. The normalized spacial score (nSPS) is 11.6. The fourth-order valence-corrected chi connectivity index (χ4v) is 6.78. The van der Waals surface area contributed by atoms with Crippen LogP contribution in [0, 0.1) is 20.8 Å². The lowest BCUT2D eigenvalue weighted by Crippen LogP contribution is -2.31. The van der Waals surface area contributed by atoms with E-state index in [2.05, 4.69) is 129 Å². The summed E-state index contributed by atoms with van der Waals surface area (Å²) in [5.41, 5.74) is 8.57. The van der Waals surface area contributed by atoms with Crippen molar-refractivity contribution in [3.63, 3.8) is 0 Å². The molecule has 0 unspecified atom stereocenters. The van der Waals surface area contributed by atoms with Gasteiger partial charge in [-0.05, 0) is 82.3 Å². The third-order valence-corrected chi connectivity index (χ3v) is 8.78. The molecule has 218 valence electrons. The van der Waals surface area contributed by atoms with Gasteiger partial charge in [-0.25, -0.2) is 0 Å². The van der Waals surface area contributed by atoms with Crippen molar-refractivity contribution in [1.82, 2.24) is 14.1 Å². The second kappa shape index (κ2) is 10.8. The van der Waals surface area contributed by atoms with E-state index in [9.17, 15) is 4.79 Å². The standard InChI is InChI=1S/C39H36N4O/c1-25-18-26(2)35(27(3)19-25)34-24-41(4)37-36(34)38(44)42(5)39(40-37)43(22-28-14-16-30-10-6-8-12-32(30)20-28)23-29-15-17-31-11-7-9-13-33(31)21-29/h6-21,24H,22-23H2,1-5H3. The molecule has 0 bridgehead atoms. The average Bonchev–Trinajstić information content (AvgIpc) is 3.33. The topological polar surface area (TPSA) is 43.1 Å². The van der Waals surface area contributed by atoms with Gasteiger partial charge in [0, 0.05) is 38.9 Å². The number of hydrogen-bond acceptors (Lipinski definition) is 3. The van der Waals surface area contributed by atoms with E-state index < -0.39 is 0 Å². The maximum Gasteiger partial charge on any atom is 0.264 e. The van der Waals surface area contributed by atoms with E-state index in [-0.39, 0.29) is 5.56 Å². The summed E-state index contributed by atoms with van der Waals surface area (Å²) in [7, 11) is 3.83. The molecule has 0 aliphatic rings. The summed E-state index contributed by atoms with van der Waals surface area (Å²) in [6.45, 7) is 7.57. The summed E-state index contributed by atoms with van der Waals surface area (Å²) in [4.78, 5) is 21.7. The highest BCUT2D eigenvalue weighted by Gasteiger charge is 2.22. The van der Waals surface area contributed by atoms with Gasteiger partial charge in [0.15, 0.2) is 0 Å². The number of aromatic nitrogens is 3. The quantitative estimate of drug-likeness (QED) is 0.200. The van der Waals surface area contributed by atoms with E-state index in [0.29, 0.717) is 30.1 Å². The fraction of sp³-hybridized carbons (Fsp3) is 0.179.